The SMILES string of the molecule is CC(C)S(=O)(=O)c1ccc(-c2cncc(-c3nnc(C(=O)NCC4CCCNC4)o3)n2)cc1. The zero-order valence-corrected chi connectivity index (χ0v) is 19.3. The van der Waals surface area contributed by atoms with Crippen LogP contribution in [0.2, 0.25) is 0 Å². The van der Waals surface area contributed by atoms with Gasteiger partial charge in [-0.2, -0.15) is 0 Å². The first-order chi connectivity index (χ1) is 15.8. The molecule has 1 amide bonds. The highest BCUT2D eigenvalue weighted by atomic mass is 32.2. The van der Waals surface area contributed by atoms with E-state index in [1.165, 1.54) is 6.20 Å². The topological polar surface area (TPSA) is 140 Å². The number of hydrogen-bond acceptors (Lipinski definition) is 9. The Morgan fingerprint density at radius 3 is 2.64 bits per heavy atom. The molecule has 11 heteroatoms. The second-order valence-electron chi connectivity index (χ2n) is 8.24. The van der Waals surface area contributed by atoms with Gasteiger partial charge in [0, 0.05) is 12.1 Å². The smallest absolute Gasteiger partial charge is 0.308 e. The Labute approximate surface area is 192 Å². The van der Waals surface area contributed by atoms with Gasteiger partial charge in [-0.3, -0.25) is 9.78 Å². The molecule has 0 aliphatic carbocycles. The Balaban J connectivity index is 1.47. The van der Waals surface area contributed by atoms with Crippen LogP contribution < -0.4 is 10.6 Å². The molecule has 1 atom stereocenters. The Hall–Kier alpha value is -3.18. The molecule has 2 aromatic heterocycles. The van der Waals surface area contributed by atoms with Gasteiger partial charge in [-0.05, 0) is 57.8 Å². The van der Waals surface area contributed by atoms with Crippen molar-refractivity contribution in [2.75, 3.05) is 19.6 Å². The van der Waals surface area contributed by atoms with E-state index in [4.69, 9.17) is 4.42 Å². The van der Waals surface area contributed by atoms with E-state index in [-0.39, 0.29) is 16.7 Å². The number of piperidine rings is 1. The van der Waals surface area contributed by atoms with Crippen molar-refractivity contribution in [1.82, 2.24) is 30.8 Å². The van der Waals surface area contributed by atoms with Crippen molar-refractivity contribution in [1.29, 1.82) is 0 Å². The number of nitrogens with zero attached hydrogens (tertiary/aromatic N) is 4. The van der Waals surface area contributed by atoms with E-state index in [0.717, 1.165) is 25.9 Å². The highest BCUT2D eigenvalue weighted by Crippen LogP contribution is 2.24. The second kappa shape index (κ2) is 9.75. The zero-order valence-electron chi connectivity index (χ0n) is 18.5. The molecule has 33 heavy (non-hydrogen) atoms. The van der Waals surface area contributed by atoms with E-state index >= 15 is 0 Å². The van der Waals surface area contributed by atoms with Crippen LogP contribution in [0.15, 0.2) is 46.0 Å². The lowest BCUT2D eigenvalue weighted by Crippen LogP contribution is -2.38. The van der Waals surface area contributed by atoms with Gasteiger partial charge >= 0.3 is 11.8 Å². The quantitative estimate of drug-likeness (QED) is 0.531. The van der Waals surface area contributed by atoms with Crippen LogP contribution in [0.1, 0.15) is 37.4 Å². The number of aromatic nitrogens is 4. The summed E-state index contributed by atoms with van der Waals surface area (Å²) < 4.78 is 30.2. The van der Waals surface area contributed by atoms with Crippen molar-refractivity contribution >= 4 is 15.7 Å². The molecular weight excluding hydrogens is 444 g/mol. The molecule has 0 saturated carbocycles. The summed E-state index contributed by atoms with van der Waals surface area (Å²) in [5, 5.41) is 13.4. The monoisotopic (exact) mass is 470 g/mol. The summed E-state index contributed by atoms with van der Waals surface area (Å²) >= 11 is 0. The molecule has 2 N–H and O–H groups in total. The van der Waals surface area contributed by atoms with Crippen molar-refractivity contribution in [2.45, 2.75) is 36.8 Å². The van der Waals surface area contributed by atoms with Gasteiger partial charge in [0.15, 0.2) is 9.84 Å². The first-order valence-corrected chi connectivity index (χ1v) is 12.4. The minimum absolute atomic E-state index is 0.0767. The molecule has 1 aliphatic rings. The molecule has 10 nitrogen and oxygen atoms in total. The molecule has 1 fully saturated rings. The predicted molar refractivity (Wildman–Crippen MR) is 121 cm³/mol. The predicted octanol–water partition coefficient (Wildman–Crippen LogP) is 2.11. The Morgan fingerprint density at radius 1 is 1.18 bits per heavy atom. The number of carbonyl (C=O) groups excluding carboxylic acids is 1. The van der Waals surface area contributed by atoms with E-state index in [9.17, 15) is 13.2 Å². The van der Waals surface area contributed by atoms with Crippen molar-refractivity contribution in [3.8, 4) is 22.8 Å². The minimum Gasteiger partial charge on any atom is -0.411 e. The Morgan fingerprint density at radius 2 is 1.94 bits per heavy atom. The number of nitrogens with one attached hydrogen (secondary N) is 2. The summed E-state index contributed by atoms with van der Waals surface area (Å²) in [4.78, 5) is 21.3. The van der Waals surface area contributed by atoms with Gasteiger partial charge in [0.25, 0.3) is 5.89 Å². The number of sulfone groups is 1. The molecular formula is C22H26N6O4S. The Kier molecular flexibility index (Phi) is 6.80. The largest absolute Gasteiger partial charge is 0.411 e. The van der Waals surface area contributed by atoms with Crippen LogP contribution in [-0.4, -0.2) is 59.4 Å². The molecule has 4 rings (SSSR count). The maximum absolute atomic E-state index is 12.4. The van der Waals surface area contributed by atoms with Crippen molar-refractivity contribution in [2.24, 2.45) is 5.92 Å². The van der Waals surface area contributed by atoms with E-state index in [0.29, 0.717) is 29.4 Å². The van der Waals surface area contributed by atoms with Crippen LogP contribution in [0.3, 0.4) is 0 Å². The summed E-state index contributed by atoms with van der Waals surface area (Å²) in [6.45, 7) is 5.72. The lowest BCUT2D eigenvalue weighted by molar-refractivity contribution is 0.0910. The van der Waals surface area contributed by atoms with Crippen LogP contribution in [-0.2, 0) is 9.84 Å². The van der Waals surface area contributed by atoms with E-state index in [1.807, 2.05) is 0 Å². The number of benzene rings is 1. The fourth-order valence-electron chi connectivity index (χ4n) is 3.53. The molecule has 0 bridgehead atoms. The van der Waals surface area contributed by atoms with Crippen LogP contribution in [0.25, 0.3) is 22.8 Å². The summed E-state index contributed by atoms with van der Waals surface area (Å²) in [5.41, 5.74) is 1.51. The fraction of sp³-hybridized carbons (Fsp3) is 0.409. The standard InChI is InChI=1S/C22H26N6O4S/c1-14(2)33(30,31)17-7-5-16(6-8-17)18-12-24-13-19(26-18)21-27-28-22(32-21)20(29)25-11-15-4-3-9-23-10-15/h5-8,12-15,23H,3-4,9-11H2,1-2H3,(H,25,29). The van der Waals surface area contributed by atoms with Gasteiger partial charge in [0.1, 0.15) is 5.69 Å². The average Bonchev–Trinajstić information content (AvgIpc) is 3.34. The van der Waals surface area contributed by atoms with Gasteiger partial charge in [0.2, 0.25) is 0 Å². The average molecular weight is 471 g/mol. The van der Waals surface area contributed by atoms with Crippen LogP contribution in [0.5, 0.6) is 0 Å². The fourth-order valence-corrected chi connectivity index (χ4v) is 4.58. The van der Waals surface area contributed by atoms with Gasteiger partial charge < -0.3 is 15.1 Å². The number of amides is 1. The van der Waals surface area contributed by atoms with Gasteiger partial charge in [-0.1, -0.05) is 12.1 Å². The third kappa shape index (κ3) is 5.25. The first-order valence-electron chi connectivity index (χ1n) is 10.8. The van der Waals surface area contributed by atoms with E-state index in [1.54, 1.807) is 44.3 Å². The molecule has 3 heterocycles. The molecule has 3 aromatic rings. The lowest BCUT2D eigenvalue weighted by Gasteiger charge is -2.22. The molecule has 0 spiro atoms. The lowest BCUT2D eigenvalue weighted by atomic mass is 10.00. The number of hydrogen-bond donors (Lipinski definition) is 2. The van der Waals surface area contributed by atoms with Gasteiger partial charge in [-0.25, -0.2) is 13.4 Å². The van der Waals surface area contributed by atoms with Crippen LogP contribution in [0, 0.1) is 5.92 Å². The molecule has 1 unspecified atom stereocenters. The van der Waals surface area contributed by atoms with Crippen molar-refractivity contribution in [3.63, 3.8) is 0 Å². The third-order valence-electron chi connectivity index (χ3n) is 5.52. The molecule has 1 saturated heterocycles. The van der Waals surface area contributed by atoms with Gasteiger partial charge in [-0.15, -0.1) is 10.2 Å². The summed E-state index contributed by atoms with van der Waals surface area (Å²) in [6, 6.07) is 6.46. The number of rotatable bonds is 7. The maximum atomic E-state index is 12.4. The summed E-state index contributed by atoms with van der Waals surface area (Å²) in [7, 11) is -3.36. The van der Waals surface area contributed by atoms with Crippen molar-refractivity contribution < 1.29 is 17.6 Å². The maximum Gasteiger partial charge on any atom is 0.308 e. The molecule has 1 aromatic carbocycles. The number of carbonyl (C=O) groups is 1. The van der Waals surface area contributed by atoms with Crippen LogP contribution in [0.4, 0.5) is 0 Å². The minimum atomic E-state index is -3.36. The zero-order chi connectivity index (χ0) is 23.4. The summed E-state index contributed by atoms with van der Waals surface area (Å²) in [5.74, 6) is -0.100. The second-order valence-corrected chi connectivity index (χ2v) is 10.7. The summed E-state index contributed by atoms with van der Waals surface area (Å²) in [6.07, 6.45) is 5.17. The highest BCUT2D eigenvalue weighted by molar-refractivity contribution is 7.92. The molecule has 174 valence electrons. The van der Waals surface area contributed by atoms with Gasteiger partial charge in [0.05, 0.1) is 28.2 Å². The molecule has 0 radical (unpaired) electrons. The molecule has 1 aliphatic heterocycles. The normalized spacial score (nSPS) is 16.6. The van der Waals surface area contributed by atoms with Crippen LogP contribution >= 0.6 is 0 Å². The Bertz CT molecular complexity index is 1220. The van der Waals surface area contributed by atoms with E-state index in [2.05, 4.69) is 30.8 Å². The third-order valence-corrected chi connectivity index (χ3v) is 7.69. The first kappa shape index (κ1) is 23.0. The highest BCUT2D eigenvalue weighted by Gasteiger charge is 2.21. The van der Waals surface area contributed by atoms with Crippen molar-refractivity contribution in [3.05, 3.63) is 42.5 Å². The van der Waals surface area contributed by atoms with E-state index < -0.39 is 21.0 Å².